The Morgan fingerprint density at radius 3 is 2.66 bits per heavy atom. The fourth-order valence-corrected chi connectivity index (χ4v) is 4.97. The topological polar surface area (TPSA) is 92.3 Å². The van der Waals surface area contributed by atoms with E-state index in [0.717, 1.165) is 17.4 Å². The molecule has 1 aromatic heterocycles. The maximum atomic E-state index is 13.3. The van der Waals surface area contributed by atoms with Gasteiger partial charge in [-0.15, -0.1) is 0 Å². The highest BCUT2D eigenvalue weighted by Gasteiger charge is 2.46. The molecule has 1 aliphatic rings. The second kappa shape index (κ2) is 8.59. The van der Waals surface area contributed by atoms with E-state index >= 15 is 0 Å². The van der Waals surface area contributed by atoms with Crippen LogP contribution in [0, 0.1) is 5.41 Å². The zero-order chi connectivity index (χ0) is 21.1. The minimum Gasteiger partial charge on any atom is -0.346 e. The standard InChI is InChI=1S/C21H28N4O3S/c1-4-25(2)20(26)21(10-9-18(15-21)24-29(3,27)28)14-16-7-5-8-17(13-16)19-22-11-6-12-23-19/h5-8,11-13,18,24H,4,9-10,14-15H2,1-3H3/t18-,21+/m0/s1. The van der Waals surface area contributed by atoms with E-state index in [0.29, 0.717) is 38.1 Å². The van der Waals surface area contributed by atoms with Gasteiger partial charge < -0.3 is 4.90 Å². The molecule has 0 unspecified atom stereocenters. The fraction of sp³-hybridized carbons (Fsp3) is 0.476. The number of hydrogen-bond acceptors (Lipinski definition) is 5. The lowest BCUT2D eigenvalue weighted by molar-refractivity contribution is -0.140. The Bertz CT molecular complexity index is 965. The molecule has 1 N–H and O–H groups in total. The lowest BCUT2D eigenvalue weighted by Gasteiger charge is -2.32. The van der Waals surface area contributed by atoms with Crippen LogP contribution in [0.25, 0.3) is 11.4 Å². The van der Waals surface area contributed by atoms with Crippen LogP contribution in [0.5, 0.6) is 0 Å². The van der Waals surface area contributed by atoms with Crippen LogP contribution in [-0.2, 0) is 21.2 Å². The normalized spacial score (nSPS) is 21.8. The summed E-state index contributed by atoms with van der Waals surface area (Å²) in [7, 11) is -1.52. The van der Waals surface area contributed by atoms with Gasteiger partial charge in [-0.25, -0.2) is 23.1 Å². The van der Waals surface area contributed by atoms with Crippen molar-refractivity contribution in [1.82, 2.24) is 19.6 Å². The first-order chi connectivity index (χ1) is 13.7. The van der Waals surface area contributed by atoms with Crippen molar-refractivity contribution in [2.24, 2.45) is 5.41 Å². The van der Waals surface area contributed by atoms with Crippen LogP contribution in [0.4, 0.5) is 0 Å². The van der Waals surface area contributed by atoms with E-state index in [1.54, 1.807) is 30.4 Å². The summed E-state index contributed by atoms with van der Waals surface area (Å²) in [5.41, 5.74) is 1.30. The van der Waals surface area contributed by atoms with Gasteiger partial charge in [0.2, 0.25) is 15.9 Å². The predicted molar refractivity (Wildman–Crippen MR) is 113 cm³/mol. The van der Waals surface area contributed by atoms with Gasteiger partial charge in [-0.05, 0) is 50.3 Å². The van der Waals surface area contributed by atoms with E-state index < -0.39 is 15.4 Å². The Labute approximate surface area is 172 Å². The van der Waals surface area contributed by atoms with Gasteiger partial charge in [0, 0.05) is 37.6 Å². The lowest BCUT2D eigenvalue weighted by Crippen LogP contribution is -2.43. The molecule has 1 amide bonds. The van der Waals surface area contributed by atoms with E-state index in [9.17, 15) is 13.2 Å². The number of amides is 1. The molecular formula is C21H28N4O3S. The molecule has 0 bridgehead atoms. The molecule has 1 aliphatic carbocycles. The van der Waals surface area contributed by atoms with Crippen LogP contribution in [0.2, 0.25) is 0 Å². The second-order valence-corrected chi connectivity index (χ2v) is 9.66. The molecule has 0 spiro atoms. The zero-order valence-corrected chi connectivity index (χ0v) is 17.9. The average molecular weight is 417 g/mol. The Kier molecular flexibility index (Phi) is 6.33. The summed E-state index contributed by atoms with van der Waals surface area (Å²) in [4.78, 5) is 23.6. The molecule has 0 radical (unpaired) electrons. The molecule has 2 atom stereocenters. The molecule has 3 rings (SSSR count). The van der Waals surface area contributed by atoms with Crippen LogP contribution in [-0.4, -0.2) is 55.1 Å². The summed E-state index contributed by atoms with van der Waals surface area (Å²) in [6, 6.07) is 9.48. The molecule has 7 nitrogen and oxygen atoms in total. The number of sulfonamides is 1. The quantitative estimate of drug-likeness (QED) is 0.747. The summed E-state index contributed by atoms with van der Waals surface area (Å²) >= 11 is 0. The Balaban J connectivity index is 1.89. The van der Waals surface area contributed by atoms with Crippen LogP contribution in [0.15, 0.2) is 42.7 Å². The molecule has 8 heteroatoms. The molecule has 156 valence electrons. The van der Waals surface area contributed by atoms with Crippen LogP contribution in [0.3, 0.4) is 0 Å². The van der Waals surface area contributed by atoms with E-state index in [2.05, 4.69) is 14.7 Å². The number of nitrogens with zero attached hydrogens (tertiary/aromatic N) is 3. The van der Waals surface area contributed by atoms with Crippen molar-refractivity contribution in [3.05, 3.63) is 48.3 Å². The largest absolute Gasteiger partial charge is 0.346 e. The maximum Gasteiger partial charge on any atom is 0.228 e. The Morgan fingerprint density at radius 2 is 2.00 bits per heavy atom. The third kappa shape index (κ3) is 5.19. The number of carbonyl (C=O) groups is 1. The van der Waals surface area contributed by atoms with Crippen molar-refractivity contribution in [1.29, 1.82) is 0 Å². The van der Waals surface area contributed by atoms with E-state index in [1.807, 2.05) is 31.2 Å². The summed E-state index contributed by atoms with van der Waals surface area (Å²) in [6.45, 7) is 2.56. The third-order valence-electron chi connectivity index (χ3n) is 5.56. The van der Waals surface area contributed by atoms with Crippen molar-refractivity contribution >= 4 is 15.9 Å². The number of benzene rings is 1. The highest BCUT2D eigenvalue weighted by atomic mass is 32.2. The number of nitrogens with one attached hydrogen (secondary N) is 1. The molecule has 2 aromatic rings. The van der Waals surface area contributed by atoms with Gasteiger partial charge in [0.1, 0.15) is 0 Å². The van der Waals surface area contributed by atoms with Gasteiger partial charge in [0.25, 0.3) is 0 Å². The van der Waals surface area contributed by atoms with E-state index in [1.165, 1.54) is 0 Å². The predicted octanol–water partition coefficient (Wildman–Crippen LogP) is 2.25. The van der Waals surface area contributed by atoms with Crippen molar-refractivity contribution < 1.29 is 13.2 Å². The maximum absolute atomic E-state index is 13.3. The molecular weight excluding hydrogens is 388 g/mol. The number of hydrogen-bond donors (Lipinski definition) is 1. The molecule has 29 heavy (non-hydrogen) atoms. The van der Waals surface area contributed by atoms with Crippen molar-refractivity contribution in [2.45, 2.75) is 38.6 Å². The first kappa shape index (κ1) is 21.4. The highest BCUT2D eigenvalue weighted by molar-refractivity contribution is 7.88. The monoisotopic (exact) mass is 416 g/mol. The molecule has 0 saturated heterocycles. The number of aromatic nitrogens is 2. The highest BCUT2D eigenvalue weighted by Crippen LogP contribution is 2.43. The van der Waals surface area contributed by atoms with Crippen molar-refractivity contribution in [2.75, 3.05) is 19.8 Å². The lowest BCUT2D eigenvalue weighted by atomic mass is 9.78. The van der Waals surface area contributed by atoms with Crippen molar-refractivity contribution in [3.63, 3.8) is 0 Å². The van der Waals surface area contributed by atoms with Gasteiger partial charge in [-0.1, -0.05) is 18.2 Å². The first-order valence-electron chi connectivity index (χ1n) is 9.82. The minimum atomic E-state index is -3.32. The summed E-state index contributed by atoms with van der Waals surface area (Å²) in [5, 5.41) is 0. The van der Waals surface area contributed by atoms with Gasteiger partial charge in [-0.3, -0.25) is 4.79 Å². The second-order valence-electron chi connectivity index (χ2n) is 7.88. The Morgan fingerprint density at radius 1 is 1.28 bits per heavy atom. The SMILES string of the molecule is CCN(C)C(=O)[C@@]1(Cc2cccc(-c3ncccn3)c2)CC[C@H](NS(C)(=O)=O)C1. The van der Waals surface area contributed by atoms with E-state index in [4.69, 9.17) is 0 Å². The molecule has 1 heterocycles. The minimum absolute atomic E-state index is 0.0687. The van der Waals surface area contributed by atoms with Crippen LogP contribution >= 0.6 is 0 Å². The van der Waals surface area contributed by atoms with Gasteiger partial charge in [0.05, 0.1) is 11.7 Å². The van der Waals surface area contributed by atoms with Crippen LogP contribution < -0.4 is 4.72 Å². The Hall–Kier alpha value is -2.32. The van der Waals surface area contributed by atoms with E-state index in [-0.39, 0.29) is 11.9 Å². The van der Waals surface area contributed by atoms with Crippen molar-refractivity contribution in [3.8, 4) is 11.4 Å². The summed E-state index contributed by atoms with van der Waals surface area (Å²) in [5.74, 6) is 0.711. The fourth-order valence-electron chi connectivity index (χ4n) is 4.17. The molecule has 0 aliphatic heterocycles. The zero-order valence-electron chi connectivity index (χ0n) is 17.1. The molecule has 1 aromatic carbocycles. The molecule has 1 fully saturated rings. The first-order valence-corrected chi connectivity index (χ1v) is 11.7. The average Bonchev–Trinajstić information content (AvgIpc) is 3.09. The van der Waals surface area contributed by atoms with Gasteiger partial charge in [-0.2, -0.15) is 0 Å². The third-order valence-corrected chi connectivity index (χ3v) is 6.32. The smallest absolute Gasteiger partial charge is 0.228 e. The van der Waals surface area contributed by atoms with Gasteiger partial charge in [0.15, 0.2) is 5.82 Å². The number of carbonyl (C=O) groups excluding carboxylic acids is 1. The summed E-state index contributed by atoms with van der Waals surface area (Å²) < 4.78 is 26.1. The van der Waals surface area contributed by atoms with Gasteiger partial charge >= 0.3 is 0 Å². The molecule has 1 saturated carbocycles. The number of rotatable bonds is 7. The summed E-state index contributed by atoms with van der Waals surface area (Å²) in [6.07, 6.45) is 6.92. The van der Waals surface area contributed by atoms with Crippen LogP contribution in [0.1, 0.15) is 31.7 Å².